The molecule has 1 unspecified atom stereocenters. The van der Waals surface area contributed by atoms with Crippen molar-refractivity contribution < 1.29 is 9.47 Å². The van der Waals surface area contributed by atoms with Crippen molar-refractivity contribution in [3.05, 3.63) is 28.2 Å². The number of rotatable bonds is 5. The lowest BCUT2D eigenvalue weighted by atomic mass is 10.1. The molecular weight excluding hydrogens is 294 g/mol. The first-order valence-electron chi connectivity index (χ1n) is 6.47. The molecule has 1 atom stereocenters. The molecule has 0 spiro atoms. The van der Waals surface area contributed by atoms with Gasteiger partial charge in [0.25, 0.3) is 0 Å². The van der Waals surface area contributed by atoms with Crippen molar-refractivity contribution in [2.75, 3.05) is 20.3 Å². The molecule has 2 rings (SSSR count). The van der Waals surface area contributed by atoms with Crippen molar-refractivity contribution in [3.63, 3.8) is 0 Å². The molecule has 1 aliphatic rings. The van der Waals surface area contributed by atoms with E-state index in [-0.39, 0.29) is 6.10 Å². The minimum absolute atomic E-state index is 0.259. The van der Waals surface area contributed by atoms with E-state index in [1.165, 1.54) is 18.4 Å². The molecule has 1 aliphatic heterocycles. The predicted octanol–water partition coefficient (Wildman–Crippen LogP) is 3.12. The lowest BCUT2D eigenvalue weighted by Crippen LogP contribution is -2.25. The van der Waals surface area contributed by atoms with E-state index in [0.717, 1.165) is 29.8 Å². The summed E-state index contributed by atoms with van der Waals surface area (Å²) >= 11 is 3.54. The third-order valence-corrected chi connectivity index (χ3v) is 3.87. The van der Waals surface area contributed by atoms with Crippen LogP contribution in [0, 0.1) is 0 Å². The van der Waals surface area contributed by atoms with E-state index in [1.807, 2.05) is 19.2 Å². The fourth-order valence-electron chi connectivity index (χ4n) is 2.09. The largest absolute Gasteiger partial charge is 0.491 e. The second-order valence-corrected chi connectivity index (χ2v) is 5.44. The molecule has 1 fully saturated rings. The molecule has 0 aliphatic carbocycles. The minimum Gasteiger partial charge on any atom is -0.491 e. The fourth-order valence-corrected chi connectivity index (χ4v) is 2.48. The van der Waals surface area contributed by atoms with Crippen molar-refractivity contribution in [3.8, 4) is 5.75 Å². The Labute approximate surface area is 117 Å². The van der Waals surface area contributed by atoms with Gasteiger partial charge in [-0.15, -0.1) is 0 Å². The van der Waals surface area contributed by atoms with Gasteiger partial charge >= 0.3 is 0 Å². The van der Waals surface area contributed by atoms with E-state index in [2.05, 4.69) is 27.3 Å². The SMILES string of the molecule is CNCc1cc(OCC2CCCCO2)ccc1Br. The maximum Gasteiger partial charge on any atom is 0.119 e. The predicted molar refractivity (Wildman–Crippen MR) is 76.0 cm³/mol. The number of benzene rings is 1. The lowest BCUT2D eigenvalue weighted by Gasteiger charge is -2.22. The Morgan fingerprint density at radius 3 is 3.06 bits per heavy atom. The Kier molecular flexibility index (Phi) is 5.47. The fraction of sp³-hybridized carbons (Fsp3) is 0.571. The highest BCUT2D eigenvalue weighted by Gasteiger charge is 2.14. The summed E-state index contributed by atoms with van der Waals surface area (Å²) in [6.07, 6.45) is 3.80. The highest BCUT2D eigenvalue weighted by Crippen LogP contribution is 2.23. The molecule has 4 heteroatoms. The average Bonchev–Trinajstić information content (AvgIpc) is 2.41. The van der Waals surface area contributed by atoms with Gasteiger partial charge in [0.15, 0.2) is 0 Å². The molecule has 0 saturated carbocycles. The van der Waals surface area contributed by atoms with Crippen LogP contribution in [0.5, 0.6) is 5.75 Å². The topological polar surface area (TPSA) is 30.5 Å². The summed E-state index contributed by atoms with van der Waals surface area (Å²) in [7, 11) is 1.94. The van der Waals surface area contributed by atoms with Gasteiger partial charge < -0.3 is 14.8 Å². The van der Waals surface area contributed by atoms with E-state index in [4.69, 9.17) is 9.47 Å². The standard InChI is InChI=1S/C14H20BrNO2/c1-16-9-11-8-12(5-6-14(11)15)18-10-13-4-2-3-7-17-13/h5-6,8,13,16H,2-4,7,9-10H2,1H3. The second-order valence-electron chi connectivity index (χ2n) is 4.58. The molecule has 1 aromatic rings. The third kappa shape index (κ3) is 3.97. The molecule has 3 nitrogen and oxygen atoms in total. The molecule has 0 aromatic heterocycles. The van der Waals surface area contributed by atoms with Gasteiger partial charge in [0, 0.05) is 17.6 Å². The summed E-state index contributed by atoms with van der Waals surface area (Å²) in [5.41, 5.74) is 1.21. The third-order valence-electron chi connectivity index (χ3n) is 3.09. The molecule has 1 N–H and O–H groups in total. The molecule has 1 aromatic carbocycles. The van der Waals surface area contributed by atoms with Crippen LogP contribution < -0.4 is 10.1 Å². The minimum atomic E-state index is 0.259. The van der Waals surface area contributed by atoms with E-state index in [0.29, 0.717) is 6.61 Å². The maximum absolute atomic E-state index is 5.81. The van der Waals surface area contributed by atoms with Crippen LogP contribution in [0.3, 0.4) is 0 Å². The smallest absolute Gasteiger partial charge is 0.119 e. The Balaban J connectivity index is 1.90. The summed E-state index contributed by atoms with van der Waals surface area (Å²) in [5.74, 6) is 0.914. The normalized spacial score (nSPS) is 19.8. The van der Waals surface area contributed by atoms with Crippen LogP contribution in [-0.2, 0) is 11.3 Å². The van der Waals surface area contributed by atoms with Crippen molar-refractivity contribution in [1.29, 1.82) is 0 Å². The summed E-state index contributed by atoms with van der Waals surface area (Å²) in [4.78, 5) is 0. The summed E-state index contributed by atoms with van der Waals surface area (Å²) < 4.78 is 12.6. The quantitative estimate of drug-likeness (QED) is 0.906. The number of halogens is 1. The van der Waals surface area contributed by atoms with Crippen molar-refractivity contribution in [2.24, 2.45) is 0 Å². The molecule has 0 radical (unpaired) electrons. The molecule has 1 heterocycles. The first-order valence-corrected chi connectivity index (χ1v) is 7.26. The zero-order valence-corrected chi connectivity index (χ0v) is 12.3. The van der Waals surface area contributed by atoms with Gasteiger partial charge in [0.05, 0.1) is 6.10 Å². The van der Waals surface area contributed by atoms with E-state index in [1.54, 1.807) is 0 Å². The van der Waals surface area contributed by atoms with Crippen LogP contribution >= 0.6 is 15.9 Å². The van der Waals surface area contributed by atoms with Gasteiger partial charge in [-0.05, 0) is 50.1 Å². The Hall–Kier alpha value is -0.580. The zero-order chi connectivity index (χ0) is 12.8. The maximum atomic E-state index is 5.81. The number of hydrogen-bond donors (Lipinski definition) is 1. The van der Waals surface area contributed by atoms with Crippen LogP contribution in [0.15, 0.2) is 22.7 Å². The summed E-state index contributed by atoms with van der Waals surface area (Å²) in [6.45, 7) is 2.36. The van der Waals surface area contributed by atoms with Crippen LogP contribution in [0.1, 0.15) is 24.8 Å². The lowest BCUT2D eigenvalue weighted by molar-refractivity contribution is -0.0110. The molecule has 0 bridgehead atoms. The van der Waals surface area contributed by atoms with Gasteiger partial charge in [-0.2, -0.15) is 0 Å². The van der Waals surface area contributed by atoms with E-state index < -0.39 is 0 Å². The van der Waals surface area contributed by atoms with Gasteiger partial charge in [-0.1, -0.05) is 15.9 Å². The average molecular weight is 314 g/mol. The summed E-state index contributed by atoms with van der Waals surface area (Å²) in [6, 6.07) is 6.10. The Morgan fingerprint density at radius 1 is 1.44 bits per heavy atom. The van der Waals surface area contributed by atoms with Gasteiger partial charge in [0.1, 0.15) is 12.4 Å². The van der Waals surface area contributed by atoms with Gasteiger partial charge in [-0.25, -0.2) is 0 Å². The highest BCUT2D eigenvalue weighted by atomic mass is 79.9. The first-order chi connectivity index (χ1) is 8.79. The second kappa shape index (κ2) is 7.12. The monoisotopic (exact) mass is 313 g/mol. The number of ether oxygens (including phenoxy) is 2. The molecule has 100 valence electrons. The zero-order valence-electron chi connectivity index (χ0n) is 10.7. The van der Waals surface area contributed by atoms with Crippen LogP contribution in [0.2, 0.25) is 0 Å². The van der Waals surface area contributed by atoms with Crippen LogP contribution in [0.4, 0.5) is 0 Å². The van der Waals surface area contributed by atoms with Gasteiger partial charge in [0.2, 0.25) is 0 Å². The van der Waals surface area contributed by atoms with Crippen LogP contribution in [-0.4, -0.2) is 26.4 Å². The molecule has 18 heavy (non-hydrogen) atoms. The number of nitrogens with one attached hydrogen (secondary N) is 1. The Bertz CT molecular complexity index is 378. The molecule has 0 amide bonds. The Morgan fingerprint density at radius 2 is 2.33 bits per heavy atom. The van der Waals surface area contributed by atoms with Crippen molar-refractivity contribution in [2.45, 2.75) is 31.9 Å². The van der Waals surface area contributed by atoms with Crippen molar-refractivity contribution in [1.82, 2.24) is 5.32 Å². The summed E-state index contributed by atoms with van der Waals surface area (Å²) in [5, 5.41) is 3.15. The molecule has 1 saturated heterocycles. The molecular formula is C14H20BrNO2. The van der Waals surface area contributed by atoms with Crippen molar-refractivity contribution >= 4 is 15.9 Å². The first kappa shape index (κ1) is 13.8. The highest BCUT2D eigenvalue weighted by molar-refractivity contribution is 9.10. The van der Waals surface area contributed by atoms with Gasteiger partial charge in [-0.3, -0.25) is 0 Å². The van der Waals surface area contributed by atoms with Crippen LogP contribution in [0.25, 0.3) is 0 Å². The number of hydrogen-bond acceptors (Lipinski definition) is 3. The van der Waals surface area contributed by atoms with E-state index in [9.17, 15) is 0 Å². The van der Waals surface area contributed by atoms with E-state index >= 15 is 0 Å².